The van der Waals surface area contributed by atoms with Crippen molar-refractivity contribution in [3.8, 4) is 0 Å². The first-order valence-electron chi connectivity index (χ1n) is 8.60. The maximum Gasteiger partial charge on any atom is 0.337 e. The van der Waals surface area contributed by atoms with Crippen molar-refractivity contribution in [3.63, 3.8) is 0 Å². The molecule has 0 bridgehead atoms. The zero-order valence-electron chi connectivity index (χ0n) is 15.4. The number of benzene rings is 2. The van der Waals surface area contributed by atoms with Crippen LogP contribution in [0, 0.1) is 5.92 Å². The van der Waals surface area contributed by atoms with E-state index < -0.39 is 0 Å². The van der Waals surface area contributed by atoms with E-state index in [0.717, 1.165) is 11.1 Å². The molecule has 2 rings (SSSR count). The molecule has 0 aromatic heterocycles. The fraction of sp³-hybridized carbons (Fsp3) is 0.333. The highest BCUT2D eigenvalue weighted by atomic mass is 32.2. The van der Waals surface area contributed by atoms with Crippen molar-refractivity contribution in [1.82, 2.24) is 5.32 Å². The van der Waals surface area contributed by atoms with Gasteiger partial charge >= 0.3 is 5.97 Å². The molecule has 1 amide bonds. The summed E-state index contributed by atoms with van der Waals surface area (Å²) in [6, 6.07) is 17.3. The average molecular weight is 372 g/mol. The van der Waals surface area contributed by atoms with E-state index in [0.29, 0.717) is 23.0 Å². The van der Waals surface area contributed by atoms with Gasteiger partial charge in [-0.1, -0.05) is 56.3 Å². The third kappa shape index (κ3) is 5.92. The summed E-state index contributed by atoms with van der Waals surface area (Å²) in [5.41, 5.74) is 2.72. The van der Waals surface area contributed by atoms with Gasteiger partial charge in [-0.25, -0.2) is 4.79 Å². The fourth-order valence-electron chi connectivity index (χ4n) is 2.63. The van der Waals surface area contributed by atoms with E-state index in [9.17, 15) is 9.59 Å². The molecular formula is C21H25NO3S. The molecule has 5 heteroatoms. The number of thioether (sulfide) groups is 1. The monoisotopic (exact) mass is 371 g/mol. The molecule has 0 aliphatic rings. The number of ether oxygens (including phenoxy) is 1. The fourth-order valence-corrected chi connectivity index (χ4v) is 3.43. The molecule has 0 spiro atoms. The summed E-state index contributed by atoms with van der Waals surface area (Å²) in [4.78, 5) is 23.7. The zero-order chi connectivity index (χ0) is 18.9. The lowest BCUT2D eigenvalue weighted by atomic mass is 9.96. The Bertz CT molecular complexity index is 714. The Labute approximate surface area is 159 Å². The van der Waals surface area contributed by atoms with E-state index in [2.05, 4.69) is 23.9 Å². The Morgan fingerprint density at radius 2 is 1.69 bits per heavy atom. The van der Waals surface area contributed by atoms with Crippen LogP contribution in [0.25, 0.3) is 0 Å². The van der Waals surface area contributed by atoms with Crippen molar-refractivity contribution >= 4 is 23.6 Å². The lowest BCUT2D eigenvalue weighted by Crippen LogP contribution is -2.33. The molecule has 138 valence electrons. The minimum Gasteiger partial charge on any atom is -0.465 e. The van der Waals surface area contributed by atoms with E-state index >= 15 is 0 Å². The number of hydrogen-bond acceptors (Lipinski definition) is 4. The molecule has 0 radical (unpaired) electrons. The largest absolute Gasteiger partial charge is 0.465 e. The van der Waals surface area contributed by atoms with Gasteiger partial charge in [0.15, 0.2) is 0 Å². The Balaban J connectivity index is 1.83. The molecule has 0 saturated carbocycles. The standard InChI is InChI=1S/C21H25NO3S/c1-15(2)20(17-7-5-4-6-8-17)22-19(23)14-26-13-16-9-11-18(12-10-16)21(24)25-3/h4-12,15,20H,13-14H2,1-3H3,(H,22,23). The van der Waals surface area contributed by atoms with Gasteiger partial charge in [-0.05, 0) is 29.2 Å². The maximum atomic E-state index is 12.3. The molecule has 0 aliphatic carbocycles. The lowest BCUT2D eigenvalue weighted by molar-refractivity contribution is -0.119. The van der Waals surface area contributed by atoms with Gasteiger partial charge in [-0.2, -0.15) is 0 Å². The van der Waals surface area contributed by atoms with Gasteiger partial charge < -0.3 is 10.1 Å². The predicted molar refractivity (Wildman–Crippen MR) is 106 cm³/mol. The summed E-state index contributed by atoms with van der Waals surface area (Å²) in [5.74, 6) is 1.12. The molecule has 26 heavy (non-hydrogen) atoms. The van der Waals surface area contributed by atoms with E-state index in [-0.39, 0.29) is 17.9 Å². The molecule has 2 aromatic rings. The summed E-state index contributed by atoms with van der Waals surface area (Å²) in [7, 11) is 1.37. The van der Waals surface area contributed by atoms with Crippen LogP contribution in [0.4, 0.5) is 0 Å². The van der Waals surface area contributed by atoms with E-state index in [1.807, 2.05) is 42.5 Å². The van der Waals surface area contributed by atoms with Crippen LogP contribution in [-0.2, 0) is 15.3 Å². The van der Waals surface area contributed by atoms with Crippen LogP contribution in [0.15, 0.2) is 54.6 Å². The van der Waals surface area contributed by atoms with Gasteiger partial charge in [0, 0.05) is 5.75 Å². The zero-order valence-corrected chi connectivity index (χ0v) is 16.2. The van der Waals surface area contributed by atoms with Gasteiger partial charge in [0.1, 0.15) is 0 Å². The molecule has 2 aromatic carbocycles. The topological polar surface area (TPSA) is 55.4 Å². The highest BCUT2D eigenvalue weighted by Gasteiger charge is 2.17. The van der Waals surface area contributed by atoms with Crippen LogP contribution in [0.5, 0.6) is 0 Å². The molecule has 0 fully saturated rings. The third-order valence-corrected chi connectivity index (χ3v) is 5.02. The van der Waals surface area contributed by atoms with Gasteiger partial charge in [0.2, 0.25) is 5.91 Å². The van der Waals surface area contributed by atoms with Crippen molar-refractivity contribution in [2.24, 2.45) is 5.92 Å². The second-order valence-corrected chi connectivity index (χ2v) is 7.37. The SMILES string of the molecule is COC(=O)c1ccc(CSCC(=O)NC(c2ccccc2)C(C)C)cc1. The number of hydrogen-bond donors (Lipinski definition) is 1. The van der Waals surface area contributed by atoms with Crippen molar-refractivity contribution in [2.45, 2.75) is 25.6 Å². The maximum absolute atomic E-state index is 12.3. The first kappa shape index (κ1) is 20.0. The molecule has 0 aliphatic heterocycles. The Kier molecular flexibility index (Phi) is 7.73. The quantitative estimate of drug-likeness (QED) is 0.706. The normalized spacial score (nSPS) is 11.8. The molecule has 1 atom stereocenters. The van der Waals surface area contributed by atoms with Crippen LogP contribution >= 0.6 is 11.8 Å². The van der Waals surface area contributed by atoms with Crippen LogP contribution in [0.3, 0.4) is 0 Å². The van der Waals surface area contributed by atoms with Gasteiger partial charge in [0.05, 0.1) is 24.5 Å². The number of esters is 1. The molecule has 1 N–H and O–H groups in total. The average Bonchev–Trinajstić information content (AvgIpc) is 2.66. The second kappa shape index (κ2) is 10.0. The summed E-state index contributed by atoms with van der Waals surface area (Å²) in [6.07, 6.45) is 0. The Morgan fingerprint density at radius 3 is 2.27 bits per heavy atom. The number of methoxy groups -OCH3 is 1. The highest BCUT2D eigenvalue weighted by Crippen LogP contribution is 2.22. The summed E-state index contributed by atoms with van der Waals surface area (Å²) >= 11 is 1.56. The van der Waals surface area contributed by atoms with E-state index in [1.54, 1.807) is 23.9 Å². The molecule has 4 nitrogen and oxygen atoms in total. The van der Waals surface area contributed by atoms with E-state index in [4.69, 9.17) is 0 Å². The summed E-state index contributed by atoms with van der Waals surface area (Å²) < 4.78 is 4.68. The van der Waals surface area contributed by atoms with Crippen molar-refractivity contribution in [2.75, 3.05) is 12.9 Å². The number of carbonyl (C=O) groups is 2. The van der Waals surface area contributed by atoms with Gasteiger partial charge in [-0.3, -0.25) is 4.79 Å². The van der Waals surface area contributed by atoms with Crippen LogP contribution in [0.1, 0.15) is 41.4 Å². The summed E-state index contributed by atoms with van der Waals surface area (Å²) in [6.45, 7) is 4.21. The molecule has 0 heterocycles. The lowest BCUT2D eigenvalue weighted by Gasteiger charge is -2.23. The highest BCUT2D eigenvalue weighted by molar-refractivity contribution is 7.99. The van der Waals surface area contributed by atoms with Gasteiger partial charge in [0.25, 0.3) is 0 Å². The molecular weight excluding hydrogens is 346 g/mol. The van der Waals surface area contributed by atoms with Crippen LogP contribution < -0.4 is 5.32 Å². The first-order valence-corrected chi connectivity index (χ1v) is 9.76. The third-order valence-electron chi connectivity index (χ3n) is 4.02. The number of rotatable bonds is 8. The molecule has 1 unspecified atom stereocenters. The Hall–Kier alpha value is -2.27. The van der Waals surface area contributed by atoms with E-state index in [1.165, 1.54) is 7.11 Å². The number of nitrogens with one attached hydrogen (secondary N) is 1. The minimum atomic E-state index is -0.343. The number of carbonyl (C=O) groups excluding carboxylic acids is 2. The van der Waals surface area contributed by atoms with Crippen molar-refractivity contribution in [3.05, 3.63) is 71.3 Å². The predicted octanol–water partition coefficient (Wildman–Crippen LogP) is 4.22. The minimum absolute atomic E-state index is 0.0173. The van der Waals surface area contributed by atoms with Gasteiger partial charge in [-0.15, -0.1) is 11.8 Å². The second-order valence-electron chi connectivity index (χ2n) is 6.38. The number of amides is 1. The summed E-state index contributed by atoms with van der Waals surface area (Å²) in [5, 5.41) is 3.13. The Morgan fingerprint density at radius 1 is 1.04 bits per heavy atom. The van der Waals surface area contributed by atoms with Crippen LogP contribution in [-0.4, -0.2) is 24.7 Å². The van der Waals surface area contributed by atoms with Crippen molar-refractivity contribution in [1.29, 1.82) is 0 Å². The van der Waals surface area contributed by atoms with Crippen LogP contribution in [0.2, 0.25) is 0 Å². The van der Waals surface area contributed by atoms with Crippen molar-refractivity contribution < 1.29 is 14.3 Å². The first-order chi connectivity index (χ1) is 12.5. The molecule has 0 saturated heterocycles. The smallest absolute Gasteiger partial charge is 0.337 e.